The number of nitrogens with one attached hydrogen (secondary N) is 1. The van der Waals surface area contributed by atoms with E-state index in [1.54, 1.807) is 24.7 Å². The number of halogens is 3. The minimum Gasteiger partial charge on any atom is -0.356 e. The third kappa shape index (κ3) is 4.09. The number of piperidine rings is 1. The van der Waals surface area contributed by atoms with E-state index in [1.807, 2.05) is 20.0 Å². The number of benzene rings is 1. The lowest BCUT2D eigenvalue weighted by atomic mass is 9.96. The molecular weight excluding hydrogens is 440 g/mol. The molecule has 1 saturated heterocycles. The van der Waals surface area contributed by atoms with Gasteiger partial charge in [0.25, 0.3) is 0 Å². The van der Waals surface area contributed by atoms with Crippen LogP contribution in [-0.4, -0.2) is 42.8 Å². The maximum absolute atomic E-state index is 13.7. The number of fused-ring (bicyclic) bond motifs is 1. The Kier molecular flexibility index (Phi) is 6.81. The first-order valence-corrected chi connectivity index (χ1v) is 9.80. The molecule has 0 unspecified atom stereocenters. The molecule has 31 heavy (non-hydrogen) atoms. The summed E-state index contributed by atoms with van der Waals surface area (Å²) in [6.45, 7) is 3.83. The zero-order valence-corrected chi connectivity index (χ0v) is 18.9. The van der Waals surface area contributed by atoms with Gasteiger partial charge in [0, 0.05) is 37.3 Å². The second-order valence-electron chi connectivity index (χ2n) is 7.56. The van der Waals surface area contributed by atoms with Gasteiger partial charge in [-0.15, -0.1) is 24.8 Å². The van der Waals surface area contributed by atoms with E-state index < -0.39 is 0 Å². The first-order valence-electron chi connectivity index (χ1n) is 9.80. The number of imidazole rings is 1. The summed E-state index contributed by atoms with van der Waals surface area (Å²) in [6.07, 6.45) is 5.33. The molecule has 0 aliphatic carbocycles. The maximum atomic E-state index is 13.7. The molecule has 10 heteroatoms. The van der Waals surface area contributed by atoms with Crippen LogP contribution < -0.4 is 4.90 Å². The minimum absolute atomic E-state index is 0. The molecule has 7 nitrogen and oxygen atoms in total. The molecule has 1 N–H and O–H groups in total. The molecule has 1 aromatic carbocycles. The van der Waals surface area contributed by atoms with Gasteiger partial charge in [-0.25, -0.2) is 19.3 Å². The van der Waals surface area contributed by atoms with E-state index >= 15 is 0 Å². The summed E-state index contributed by atoms with van der Waals surface area (Å²) < 4.78 is 15.8. The fourth-order valence-corrected chi connectivity index (χ4v) is 4.23. The Bertz CT molecular complexity index is 1180. The average molecular weight is 464 g/mol. The normalized spacial score (nSPS) is 14.4. The van der Waals surface area contributed by atoms with Gasteiger partial charge in [0.15, 0.2) is 5.65 Å². The highest BCUT2D eigenvalue weighted by molar-refractivity contribution is 5.86. The van der Waals surface area contributed by atoms with Crippen molar-refractivity contribution in [1.29, 1.82) is 0 Å². The Morgan fingerprint density at radius 1 is 1.13 bits per heavy atom. The van der Waals surface area contributed by atoms with Gasteiger partial charge in [-0.05, 0) is 31.9 Å². The van der Waals surface area contributed by atoms with Crippen LogP contribution >= 0.6 is 24.8 Å². The fraction of sp³-hybridized carbons (Fsp3) is 0.333. The van der Waals surface area contributed by atoms with Crippen LogP contribution in [0.1, 0.15) is 30.3 Å². The van der Waals surface area contributed by atoms with Gasteiger partial charge in [0.2, 0.25) is 0 Å². The second kappa shape index (κ2) is 9.20. The smallest absolute Gasteiger partial charge is 0.160 e. The SMILES string of the molecule is Cc1c(-c2cccc(F)c2)nc(C2CCN(c3ncnc4[nH]ncc34)CC2)n1C.Cl.Cl. The highest BCUT2D eigenvalue weighted by Crippen LogP contribution is 2.34. The molecule has 4 heterocycles. The van der Waals surface area contributed by atoms with E-state index in [-0.39, 0.29) is 30.6 Å². The van der Waals surface area contributed by atoms with Crippen molar-refractivity contribution in [3.8, 4) is 11.3 Å². The Morgan fingerprint density at radius 2 is 1.90 bits per heavy atom. The molecule has 0 radical (unpaired) electrons. The zero-order valence-electron chi connectivity index (χ0n) is 17.2. The number of H-pyrrole nitrogens is 1. The van der Waals surface area contributed by atoms with Gasteiger partial charge in [-0.2, -0.15) is 5.10 Å². The molecule has 0 amide bonds. The molecule has 0 bridgehead atoms. The van der Waals surface area contributed by atoms with Gasteiger partial charge in [-0.3, -0.25) is 5.10 Å². The van der Waals surface area contributed by atoms with E-state index in [4.69, 9.17) is 4.98 Å². The Labute approximate surface area is 191 Å². The van der Waals surface area contributed by atoms with E-state index in [9.17, 15) is 4.39 Å². The van der Waals surface area contributed by atoms with Crippen molar-refractivity contribution in [3.05, 3.63) is 54.1 Å². The highest BCUT2D eigenvalue weighted by atomic mass is 35.5. The molecule has 0 spiro atoms. The van der Waals surface area contributed by atoms with Crippen molar-refractivity contribution in [3.63, 3.8) is 0 Å². The summed E-state index contributed by atoms with van der Waals surface area (Å²) in [6, 6.07) is 6.65. The lowest BCUT2D eigenvalue weighted by molar-refractivity contribution is 0.473. The number of aromatic nitrogens is 6. The summed E-state index contributed by atoms with van der Waals surface area (Å²) in [7, 11) is 2.05. The summed E-state index contributed by atoms with van der Waals surface area (Å²) in [4.78, 5) is 15.9. The third-order valence-electron chi connectivity index (χ3n) is 5.90. The molecule has 4 aromatic rings. The quantitative estimate of drug-likeness (QED) is 0.486. The minimum atomic E-state index is -0.238. The Balaban J connectivity index is 0.00000136. The van der Waals surface area contributed by atoms with Crippen LogP contribution in [0.2, 0.25) is 0 Å². The average Bonchev–Trinajstić information content (AvgIpc) is 3.33. The number of rotatable bonds is 3. The van der Waals surface area contributed by atoms with Crippen molar-refractivity contribution in [2.75, 3.05) is 18.0 Å². The van der Waals surface area contributed by atoms with Crippen molar-refractivity contribution in [2.24, 2.45) is 7.05 Å². The van der Waals surface area contributed by atoms with Crippen LogP contribution in [0.4, 0.5) is 10.2 Å². The number of nitrogens with zero attached hydrogens (tertiary/aromatic N) is 6. The van der Waals surface area contributed by atoms with Gasteiger partial charge >= 0.3 is 0 Å². The van der Waals surface area contributed by atoms with Crippen molar-refractivity contribution >= 4 is 41.7 Å². The molecule has 164 valence electrons. The summed E-state index contributed by atoms with van der Waals surface area (Å²) in [5, 5.41) is 7.94. The molecule has 1 fully saturated rings. The fourth-order valence-electron chi connectivity index (χ4n) is 4.23. The van der Waals surface area contributed by atoms with Gasteiger partial charge in [0.05, 0.1) is 17.3 Å². The molecule has 5 rings (SSSR count). The zero-order chi connectivity index (χ0) is 20.0. The summed E-state index contributed by atoms with van der Waals surface area (Å²) >= 11 is 0. The third-order valence-corrected chi connectivity index (χ3v) is 5.90. The number of anilines is 1. The first-order chi connectivity index (χ1) is 14.1. The lowest BCUT2D eigenvalue weighted by Gasteiger charge is -2.32. The molecule has 0 saturated carbocycles. The van der Waals surface area contributed by atoms with Crippen molar-refractivity contribution < 1.29 is 4.39 Å². The lowest BCUT2D eigenvalue weighted by Crippen LogP contribution is -2.34. The summed E-state index contributed by atoms with van der Waals surface area (Å²) in [5.41, 5.74) is 3.51. The summed E-state index contributed by atoms with van der Waals surface area (Å²) in [5.74, 6) is 2.12. The first kappa shape index (κ1) is 23.0. The predicted octanol–water partition coefficient (Wildman–Crippen LogP) is 4.43. The van der Waals surface area contributed by atoms with Crippen molar-refractivity contribution in [2.45, 2.75) is 25.7 Å². The maximum Gasteiger partial charge on any atom is 0.160 e. The van der Waals surface area contributed by atoms with Gasteiger partial charge < -0.3 is 9.47 Å². The predicted molar refractivity (Wildman–Crippen MR) is 124 cm³/mol. The molecule has 1 aliphatic rings. The van der Waals surface area contributed by atoms with Crippen molar-refractivity contribution in [1.82, 2.24) is 29.7 Å². The monoisotopic (exact) mass is 463 g/mol. The van der Waals surface area contributed by atoms with Crippen LogP contribution in [0.5, 0.6) is 0 Å². The topological polar surface area (TPSA) is 75.5 Å². The molecule has 0 atom stereocenters. The van der Waals surface area contributed by atoms with E-state index in [0.717, 1.165) is 65.6 Å². The van der Waals surface area contributed by atoms with Gasteiger partial charge in [-0.1, -0.05) is 12.1 Å². The van der Waals surface area contributed by atoms with Crippen LogP contribution in [0.25, 0.3) is 22.3 Å². The van der Waals surface area contributed by atoms with Gasteiger partial charge in [0.1, 0.15) is 23.8 Å². The largest absolute Gasteiger partial charge is 0.356 e. The Hall–Kier alpha value is -2.71. The molecular formula is C21H24Cl2FN7. The van der Waals surface area contributed by atoms with Crippen LogP contribution in [0.3, 0.4) is 0 Å². The van der Waals surface area contributed by atoms with Crippen LogP contribution in [0, 0.1) is 12.7 Å². The second-order valence-corrected chi connectivity index (χ2v) is 7.56. The number of aromatic amines is 1. The molecule has 3 aromatic heterocycles. The number of hydrogen-bond donors (Lipinski definition) is 1. The Morgan fingerprint density at radius 3 is 2.65 bits per heavy atom. The number of hydrogen-bond acceptors (Lipinski definition) is 5. The van der Waals surface area contributed by atoms with E-state index in [1.165, 1.54) is 6.07 Å². The standard InChI is InChI=1S/C21H22FN7.2ClH/c1-13-18(15-4-3-5-16(22)10-15)26-20(28(13)2)14-6-8-29(9-7-14)21-17-11-25-27-19(17)23-12-24-21;;/h3-5,10-12,14H,6-9H2,1-2H3,(H,23,24,25,27);2*1H. The highest BCUT2D eigenvalue weighted by Gasteiger charge is 2.27. The molecule has 1 aliphatic heterocycles. The van der Waals surface area contributed by atoms with Crippen LogP contribution in [-0.2, 0) is 7.05 Å². The van der Waals surface area contributed by atoms with Crippen LogP contribution in [0.15, 0.2) is 36.8 Å². The van der Waals surface area contributed by atoms with E-state index in [0.29, 0.717) is 5.92 Å². The van der Waals surface area contributed by atoms with E-state index in [2.05, 4.69) is 29.6 Å².